The Morgan fingerprint density at radius 1 is 1.44 bits per heavy atom. The van der Waals surface area contributed by atoms with E-state index in [-0.39, 0.29) is 6.04 Å². The summed E-state index contributed by atoms with van der Waals surface area (Å²) < 4.78 is 10.9. The van der Waals surface area contributed by atoms with Crippen LogP contribution in [0.1, 0.15) is 31.9 Å². The lowest BCUT2D eigenvalue weighted by molar-refractivity contribution is 0.317. The van der Waals surface area contributed by atoms with Gasteiger partial charge in [0.2, 0.25) is 0 Å². The second kappa shape index (κ2) is 7.62. The summed E-state index contributed by atoms with van der Waals surface area (Å²) in [7, 11) is 1.65. The third kappa shape index (κ3) is 3.97. The van der Waals surface area contributed by atoms with E-state index in [1.54, 1.807) is 7.11 Å². The van der Waals surface area contributed by atoms with Crippen molar-refractivity contribution in [2.75, 3.05) is 20.3 Å². The van der Waals surface area contributed by atoms with Crippen LogP contribution in [0, 0.1) is 12.3 Å². The first-order valence-electron chi connectivity index (χ1n) is 6.20. The summed E-state index contributed by atoms with van der Waals surface area (Å²) in [4.78, 5) is 0. The lowest BCUT2D eigenvalue weighted by Crippen LogP contribution is -2.18. The van der Waals surface area contributed by atoms with Gasteiger partial charge in [0.15, 0.2) is 0 Å². The van der Waals surface area contributed by atoms with Crippen molar-refractivity contribution < 1.29 is 9.47 Å². The maximum atomic E-state index is 5.73. The van der Waals surface area contributed by atoms with Gasteiger partial charge in [-0.3, -0.25) is 0 Å². The average Bonchev–Trinajstić information content (AvgIpc) is 2.39. The zero-order chi connectivity index (χ0) is 13.4. The van der Waals surface area contributed by atoms with Gasteiger partial charge in [0, 0.05) is 24.1 Å². The summed E-state index contributed by atoms with van der Waals surface area (Å²) in [6.45, 7) is 5.63. The lowest BCUT2D eigenvalue weighted by Gasteiger charge is -2.18. The first kappa shape index (κ1) is 14.4. The molecule has 1 rings (SSSR count). The molecule has 0 spiro atoms. The normalized spacial score (nSPS) is 11.7. The Labute approximate surface area is 109 Å². The third-order valence-corrected chi connectivity index (χ3v) is 2.70. The van der Waals surface area contributed by atoms with Crippen LogP contribution in [0.3, 0.4) is 0 Å². The van der Waals surface area contributed by atoms with Crippen molar-refractivity contribution >= 4 is 0 Å². The maximum absolute atomic E-state index is 5.73. The predicted molar refractivity (Wildman–Crippen MR) is 74.0 cm³/mol. The Morgan fingerprint density at radius 2 is 2.22 bits per heavy atom. The van der Waals surface area contributed by atoms with Crippen molar-refractivity contribution in [3.8, 4) is 23.8 Å². The molecule has 3 nitrogen and oxygen atoms in total. The minimum Gasteiger partial charge on any atom is -0.497 e. The van der Waals surface area contributed by atoms with Gasteiger partial charge in [-0.15, -0.1) is 12.3 Å². The van der Waals surface area contributed by atoms with Gasteiger partial charge in [0.1, 0.15) is 11.5 Å². The van der Waals surface area contributed by atoms with Crippen LogP contribution >= 0.6 is 0 Å². The molecule has 1 atom stereocenters. The van der Waals surface area contributed by atoms with Crippen molar-refractivity contribution in [1.29, 1.82) is 0 Å². The van der Waals surface area contributed by atoms with E-state index in [4.69, 9.17) is 15.9 Å². The highest BCUT2D eigenvalue weighted by Gasteiger charge is 2.11. The van der Waals surface area contributed by atoms with E-state index in [0.29, 0.717) is 13.0 Å². The Kier molecular flexibility index (Phi) is 6.10. The number of terminal acetylenes is 1. The van der Waals surface area contributed by atoms with Gasteiger partial charge in [0.25, 0.3) is 0 Å². The minimum absolute atomic E-state index is 0.238. The number of benzene rings is 1. The lowest BCUT2D eigenvalue weighted by atomic mass is 10.1. The van der Waals surface area contributed by atoms with E-state index in [9.17, 15) is 0 Å². The fraction of sp³-hybridized carbons (Fsp3) is 0.467. The van der Waals surface area contributed by atoms with E-state index in [0.717, 1.165) is 23.6 Å². The highest BCUT2D eigenvalue weighted by atomic mass is 16.5. The molecule has 0 saturated heterocycles. The third-order valence-electron chi connectivity index (χ3n) is 2.70. The minimum atomic E-state index is 0.238. The quantitative estimate of drug-likeness (QED) is 0.593. The summed E-state index contributed by atoms with van der Waals surface area (Å²) in [5.74, 6) is 4.19. The van der Waals surface area contributed by atoms with Crippen LogP contribution < -0.4 is 14.8 Å². The van der Waals surface area contributed by atoms with Gasteiger partial charge in [-0.1, -0.05) is 13.0 Å². The molecule has 0 aliphatic rings. The average molecular weight is 247 g/mol. The Balaban J connectivity index is 2.89. The van der Waals surface area contributed by atoms with Crippen LogP contribution in [-0.2, 0) is 0 Å². The Morgan fingerprint density at radius 3 is 2.83 bits per heavy atom. The van der Waals surface area contributed by atoms with E-state index in [2.05, 4.69) is 25.1 Å². The number of rotatable bonds is 7. The summed E-state index contributed by atoms with van der Waals surface area (Å²) in [5.41, 5.74) is 1.12. The molecule has 98 valence electrons. The van der Waals surface area contributed by atoms with Crippen LogP contribution in [0.15, 0.2) is 18.2 Å². The van der Waals surface area contributed by atoms with Gasteiger partial charge in [-0.2, -0.15) is 0 Å². The van der Waals surface area contributed by atoms with Gasteiger partial charge in [-0.05, 0) is 19.5 Å². The summed E-state index contributed by atoms with van der Waals surface area (Å²) in [6, 6.07) is 6.11. The zero-order valence-electron chi connectivity index (χ0n) is 11.3. The molecule has 0 aliphatic heterocycles. The zero-order valence-corrected chi connectivity index (χ0v) is 11.3. The molecule has 1 aromatic rings. The van der Waals surface area contributed by atoms with Crippen molar-refractivity contribution in [1.82, 2.24) is 5.32 Å². The Hall–Kier alpha value is -1.66. The molecule has 1 N–H and O–H groups in total. The number of ether oxygens (including phenoxy) is 2. The van der Waals surface area contributed by atoms with Crippen LogP contribution in [-0.4, -0.2) is 20.3 Å². The van der Waals surface area contributed by atoms with Crippen molar-refractivity contribution in [3.63, 3.8) is 0 Å². The molecule has 1 aromatic carbocycles. The molecule has 0 bridgehead atoms. The van der Waals surface area contributed by atoms with Crippen LogP contribution in [0.4, 0.5) is 0 Å². The van der Waals surface area contributed by atoms with E-state index >= 15 is 0 Å². The highest BCUT2D eigenvalue weighted by molar-refractivity contribution is 5.42. The van der Waals surface area contributed by atoms with Crippen LogP contribution in [0.5, 0.6) is 11.5 Å². The molecule has 3 heteroatoms. The van der Waals surface area contributed by atoms with Crippen molar-refractivity contribution in [2.24, 2.45) is 0 Å². The molecule has 0 aliphatic carbocycles. The van der Waals surface area contributed by atoms with Gasteiger partial charge in [0.05, 0.1) is 13.7 Å². The summed E-state index contributed by atoms with van der Waals surface area (Å²) >= 11 is 0. The highest BCUT2D eigenvalue weighted by Crippen LogP contribution is 2.29. The predicted octanol–water partition coefficient (Wildman–Crippen LogP) is 2.77. The second-order valence-electron chi connectivity index (χ2n) is 3.99. The monoisotopic (exact) mass is 247 g/mol. The van der Waals surface area contributed by atoms with Crippen molar-refractivity contribution in [3.05, 3.63) is 23.8 Å². The SMILES string of the molecule is C#CCCOc1cc(OC)ccc1C(C)NCC. The molecule has 0 aromatic heterocycles. The number of hydrogen-bond donors (Lipinski definition) is 1. The molecular formula is C15H21NO2. The van der Waals surface area contributed by atoms with Gasteiger partial charge < -0.3 is 14.8 Å². The molecule has 1 unspecified atom stereocenters. The van der Waals surface area contributed by atoms with E-state index in [1.165, 1.54) is 0 Å². The molecular weight excluding hydrogens is 226 g/mol. The van der Waals surface area contributed by atoms with Gasteiger partial charge >= 0.3 is 0 Å². The smallest absolute Gasteiger partial charge is 0.127 e. The maximum Gasteiger partial charge on any atom is 0.127 e. The number of hydrogen-bond acceptors (Lipinski definition) is 3. The topological polar surface area (TPSA) is 30.5 Å². The molecule has 0 amide bonds. The standard InChI is InChI=1S/C15H21NO2/c1-5-7-10-18-15-11-13(17-4)8-9-14(15)12(3)16-6-2/h1,8-9,11-12,16H,6-7,10H2,2-4H3. The molecule has 0 radical (unpaired) electrons. The second-order valence-corrected chi connectivity index (χ2v) is 3.99. The van der Waals surface area contributed by atoms with E-state index in [1.807, 2.05) is 18.2 Å². The fourth-order valence-corrected chi connectivity index (χ4v) is 1.76. The molecule has 18 heavy (non-hydrogen) atoms. The fourth-order valence-electron chi connectivity index (χ4n) is 1.76. The van der Waals surface area contributed by atoms with Crippen molar-refractivity contribution in [2.45, 2.75) is 26.3 Å². The first-order chi connectivity index (χ1) is 8.72. The first-order valence-corrected chi connectivity index (χ1v) is 6.20. The van der Waals surface area contributed by atoms with Crippen LogP contribution in [0.25, 0.3) is 0 Å². The Bertz CT molecular complexity index is 409. The molecule has 0 fully saturated rings. The largest absolute Gasteiger partial charge is 0.497 e. The van der Waals surface area contributed by atoms with Crippen LogP contribution in [0.2, 0.25) is 0 Å². The molecule has 0 saturated carbocycles. The summed E-state index contributed by atoms with van der Waals surface area (Å²) in [6.07, 6.45) is 5.83. The number of nitrogens with one attached hydrogen (secondary N) is 1. The molecule has 0 heterocycles. The van der Waals surface area contributed by atoms with E-state index < -0.39 is 0 Å². The van der Waals surface area contributed by atoms with Gasteiger partial charge in [-0.25, -0.2) is 0 Å². The number of methoxy groups -OCH3 is 1. The summed E-state index contributed by atoms with van der Waals surface area (Å²) in [5, 5.41) is 3.37.